The molecule has 2 aromatic rings. The number of hydrogen-bond acceptors (Lipinski definition) is 3. The zero-order valence-electron chi connectivity index (χ0n) is 14.5. The molecule has 0 atom stereocenters. The lowest BCUT2D eigenvalue weighted by atomic mass is 10.1. The van der Waals surface area contributed by atoms with Gasteiger partial charge in [0.25, 0.3) is 5.91 Å². The fraction of sp³-hybridized carbons (Fsp3) is 0.368. The zero-order valence-corrected chi connectivity index (χ0v) is 15.3. The average molecular weight is 396 g/mol. The van der Waals surface area contributed by atoms with Crippen LogP contribution in [0.1, 0.15) is 40.1 Å². The Balaban J connectivity index is 1.54. The Hall–Kier alpha value is -2.35. The van der Waals surface area contributed by atoms with Gasteiger partial charge in [0, 0.05) is 25.6 Å². The van der Waals surface area contributed by atoms with Crippen LogP contribution in [0.3, 0.4) is 0 Å². The minimum atomic E-state index is -4.37. The molecule has 1 saturated carbocycles. The van der Waals surface area contributed by atoms with E-state index in [2.05, 4.69) is 5.32 Å². The third-order valence-corrected chi connectivity index (χ3v) is 5.18. The molecule has 8 heteroatoms. The van der Waals surface area contributed by atoms with E-state index in [4.69, 9.17) is 0 Å². The lowest BCUT2D eigenvalue weighted by molar-refractivity contribution is -0.137. The molecule has 27 heavy (non-hydrogen) atoms. The predicted molar refractivity (Wildman–Crippen MR) is 96.3 cm³/mol. The van der Waals surface area contributed by atoms with Crippen molar-refractivity contribution in [2.24, 2.45) is 0 Å². The maximum Gasteiger partial charge on any atom is 0.416 e. The van der Waals surface area contributed by atoms with E-state index >= 15 is 0 Å². The molecule has 144 valence electrons. The van der Waals surface area contributed by atoms with Crippen molar-refractivity contribution in [2.45, 2.75) is 38.0 Å². The van der Waals surface area contributed by atoms with Crippen molar-refractivity contribution >= 4 is 23.2 Å². The van der Waals surface area contributed by atoms with Crippen molar-refractivity contribution < 1.29 is 22.8 Å². The first kappa shape index (κ1) is 19.4. The summed E-state index contributed by atoms with van der Waals surface area (Å²) in [6, 6.07) is 8.51. The number of carbonyl (C=O) groups excluding carboxylic acids is 2. The molecule has 1 N–H and O–H groups in total. The van der Waals surface area contributed by atoms with Gasteiger partial charge in [-0.3, -0.25) is 9.59 Å². The van der Waals surface area contributed by atoms with Gasteiger partial charge in [-0.15, -0.1) is 11.3 Å². The van der Waals surface area contributed by atoms with Gasteiger partial charge in [-0.05, 0) is 42.0 Å². The van der Waals surface area contributed by atoms with E-state index in [0.29, 0.717) is 10.4 Å². The second-order valence-corrected chi connectivity index (χ2v) is 7.38. The Morgan fingerprint density at radius 1 is 1.15 bits per heavy atom. The van der Waals surface area contributed by atoms with Gasteiger partial charge >= 0.3 is 6.18 Å². The van der Waals surface area contributed by atoms with Crippen LogP contribution in [-0.2, 0) is 17.5 Å². The summed E-state index contributed by atoms with van der Waals surface area (Å²) in [7, 11) is 0. The summed E-state index contributed by atoms with van der Waals surface area (Å²) in [4.78, 5) is 26.7. The summed E-state index contributed by atoms with van der Waals surface area (Å²) < 4.78 is 38.0. The first-order chi connectivity index (χ1) is 12.8. The number of benzene rings is 1. The number of amides is 2. The van der Waals surface area contributed by atoms with Crippen LogP contribution in [0.4, 0.5) is 13.2 Å². The fourth-order valence-corrected chi connectivity index (χ4v) is 3.36. The Labute approximate surface area is 159 Å². The number of alkyl halides is 3. The number of halogens is 3. The topological polar surface area (TPSA) is 49.4 Å². The maximum absolute atomic E-state index is 12.7. The summed E-state index contributed by atoms with van der Waals surface area (Å²) in [6.07, 6.45) is -2.42. The van der Waals surface area contributed by atoms with Gasteiger partial charge in [0.15, 0.2) is 0 Å². The minimum Gasteiger partial charge on any atom is -0.351 e. The van der Waals surface area contributed by atoms with Crippen molar-refractivity contribution in [1.82, 2.24) is 10.2 Å². The van der Waals surface area contributed by atoms with Gasteiger partial charge in [-0.2, -0.15) is 13.2 Å². The molecule has 0 saturated heterocycles. The Kier molecular flexibility index (Phi) is 5.84. The van der Waals surface area contributed by atoms with Crippen LogP contribution >= 0.6 is 11.3 Å². The fourth-order valence-electron chi connectivity index (χ4n) is 2.72. The molecule has 1 aromatic heterocycles. The van der Waals surface area contributed by atoms with Gasteiger partial charge in [-0.25, -0.2) is 0 Å². The highest BCUT2D eigenvalue weighted by molar-refractivity contribution is 7.12. The van der Waals surface area contributed by atoms with E-state index in [1.165, 1.54) is 23.5 Å². The van der Waals surface area contributed by atoms with E-state index in [9.17, 15) is 22.8 Å². The van der Waals surface area contributed by atoms with E-state index in [1.807, 2.05) is 0 Å². The summed E-state index contributed by atoms with van der Waals surface area (Å²) in [5.41, 5.74) is -0.0438. The highest BCUT2D eigenvalue weighted by Gasteiger charge is 2.33. The van der Waals surface area contributed by atoms with Gasteiger partial charge in [-0.1, -0.05) is 18.2 Å². The van der Waals surface area contributed by atoms with Gasteiger partial charge in [0.2, 0.25) is 5.91 Å². The zero-order chi connectivity index (χ0) is 19.4. The number of hydrogen-bond donors (Lipinski definition) is 1. The van der Waals surface area contributed by atoms with Crippen LogP contribution in [0.25, 0.3) is 0 Å². The molecule has 1 aliphatic rings. The molecular weight excluding hydrogens is 377 g/mol. The minimum absolute atomic E-state index is 0.108. The molecule has 0 spiro atoms. The molecule has 2 amide bonds. The van der Waals surface area contributed by atoms with Crippen molar-refractivity contribution in [3.05, 3.63) is 57.8 Å². The maximum atomic E-state index is 12.7. The van der Waals surface area contributed by atoms with Crippen LogP contribution in [0.15, 0.2) is 41.8 Å². The molecule has 1 heterocycles. The van der Waals surface area contributed by atoms with E-state index in [0.717, 1.165) is 25.0 Å². The largest absolute Gasteiger partial charge is 0.416 e. The van der Waals surface area contributed by atoms with Crippen LogP contribution in [0, 0.1) is 0 Å². The van der Waals surface area contributed by atoms with Gasteiger partial charge in [0.1, 0.15) is 0 Å². The molecule has 1 aliphatic carbocycles. The third-order valence-electron chi connectivity index (χ3n) is 4.31. The summed E-state index contributed by atoms with van der Waals surface area (Å²) >= 11 is 1.33. The van der Waals surface area contributed by atoms with E-state index in [-0.39, 0.29) is 37.4 Å². The van der Waals surface area contributed by atoms with Crippen LogP contribution < -0.4 is 5.32 Å². The SMILES string of the molecule is O=C(NCCC(=O)N(Cc1ccc(C(F)(F)F)cc1)C1CC1)c1cccs1. The lowest BCUT2D eigenvalue weighted by Crippen LogP contribution is -2.35. The molecule has 3 rings (SSSR count). The number of rotatable bonds is 7. The van der Waals surface area contributed by atoms with Crippen LogP contribution in [0.5, 0.6) is 0 Å². The molecule has 4 nitrogen and oxygen atoms in total. The number of nitrogens with one attached hydrogen (secondary N) is 1. The quantitative estimate of drug-likeness (QED) is 0.767. The van der Waals surface area contributed by atoms with Gasteiger partial charge < -0.3 is 10.2 Å². The first-order valence-electron chi connectivity index (χ1n) is 8.62. The van der Waals surface area contributed by atoms with E-state index in [1.54, 1.807) is 22.4 Å². The monoisotopic (exact) mass is 396 g/mol. The molecule has 0 bridgehead atoms. The van der Waals surface area contributed by atoms with Crippen LogP contribution in [-0.4, -0.2) is 29.3 Å². The predicted octanol–water partition coefficient (Wildman–Crippen LogP) is 4.08. The first-order valence-corrected chi connectivity index (χ1v) is 9.50. The molecule has 0 unspecified atom stereocenters. The van der Waals surface area contributed by atoms with Gasteiger partial charge in [0.05, 0.1) is 10.4 Å². The molecular formula is C19H19F3N2O2S. The van der Waals surface area contributed by atoms with E-state index < -0.39 is 11.7 Å². The Morgan fingerprint density at radius 3 is 2.41 bits per heavy atom. The van der Waals surface area contributed by atoms with Crippen molar-refractivity contribution in [1.29, 1.82) is 0 Å². The average Bonchev–Trinajstić information content (AvgIpc) is 3.31. The summed E-state index contributed by atoms with van der Waals surface area (Å²) in [6.45, 7) is 0.506. The Morgan fingerprint density at radius 2 is 1.85 bits per heavy atom. The highest BCUT2D eigenvalue weighted by atomic mass is 32.1. The normalized spacial score (nSPS) is 14.0. The van der Waals surface area contributed by atoms with Crippen molar-refractivity contribution in [3.63, 3.8) is 0 Å². The smallest absolute Gasteiger partial charge is 0.351 e. The van der Waals surface area contributed by atoms with Crippen LogP contribution in [0.2, 0.25) is 0 Å². The standard InChI is InChI=1S/C19H19F3N2O2S/c20-19(21,22)14-5-3-13(4-6-14)12-24(15-7-8-15)17(25)9-10-23-18(26)16-2-1-11-27-16/h1-6,11,15H,7-10,12H2,(H,23,26). The number of thiophene rings is 1. The number of carbonyl (C=O) groups is 2. The summed E-state index contributed by atoms with van der Waals surface area (Å²) in [5.74, 6) is -0.317. The molecule has 0 aliphatic heterocycles. The Bertz CT molecular complexity index is 784. The third kappa shape index (κ3) is 5.32. The summed E-state index contributed by atoms with van der Waals surface area (Å²) in [5, 5.41) is 4.52. The molecule has 1 aromatic carbocycles. The number of nitrogens with zero attached hydrogens (tertiary/aromatic N) is 1. The molecule has 0 radical (unpaired) electrons. The second kappa shape index (κ2) is 8.12. The van der Waals surface area contributed by atoms with Crippen molar-refractivity contribution in [3.8, 4) is 0 Å². The lowest BCUT2D eigenvalue weighted by Gasteiger charge is -2.23. The molecule has 1 fully saturated rings. The second-order valence-electron chi connectivity index (χ2n) is 6.43. The van der Waals surface area contributed by atoms with Crippen molar-refractivity contribution in [2.75, 3.05) is 6.54 Å². The highest BCUT2D eigenvalue weighted by Crippen LogP contribution is 2.31.